The van der Waals surface area contributed by atoms with Crippen LogP contribution in [0.25, 0.3) is 11.4 Å². The normalized spacial score (nSPS) is 10.8. The van der Waals surface area contributed by atoms with Crippen molar-refractivity contribution in [2.45, 2.75) is 32.0 Å². The van der Waals surface area contributed by atoms with E-state index in [4.69, 9.17) is 4.74 Å². The number of nitrogens with zero attached hydrogens (tertiary/aromatic N) is 2. The van der Waals surface area contributed by atoms with Crippen molar-refractivity contribution in [2.75, 3.05) is 5.75 Å². The summed E-state index contributed by atoms with van der Waals surface area (Å²) in [7, 11) is 0. The fourth-order valence-electron chi connectivity index (χ4n) is 1.57. The van der Waals surface area contributed by atoms with Gasteiger partial charge in [0, 0.05) is 5.56 Å². The van der Waals surface area contributed by atoms with E-state index in [0.717, 1.165) is 5.56 Å². The molecule has 0 atom stereocenters. The van der Waals surface area contributed by atoms with E-state index in [9.17, 15) is 4.79 Å². The summed E-state index contributed by atoms with van der Waals surface area (Å²) in [5.41, 5.74) is 2.17. The van der Waals surface area contributed by atoms with Crippen LogP contribution in [-0.2, 0) is 9.53 Å². The maximum absolute atomic E-state index is 11.4. The van der Waals surface area contributed by atoms with Crippen molar-refractivity contribution in [3.05, 3.63) is 29.8 Å². The number of ether oxygens (including phenoxy) is 1. The minimum atomic E-state index is -0.258. The van der Waals surface area contributed by atoms with Crippen molar-refractivity contribution in [2.24, 2.45) is 0 Å². The first-order valence-corrected chi connectivity index (χ1v) is 7.35. The average Bonchev–Trinajstić information content (AvgIpc) is 2.85. The van der Waals surface area contributed by atoms with Gasteiger partial charge in [0.25, 0.3) is 0 Å². The molecule has 0 saturated carbocycles. The summed E-state index contributed by atoms with van der Waals surface area (Å²) < 4.78 is 5.05. The van der Waals surface area contributed by atoms with Crippen molar-refractivity contribution in [3.63, 3.8) is 0 Å². The second kappa shape index (κ2) is 6.56. The Kier molecular flexibility index (Phi) is 4.79. The number of benzene rings is 1. The molecule has 1 heterocycles. The Morgan fingerprint density at radius 3 is 2.70 bits per heavy atom. The maximum atomic E-state index is 11.4. The van der Waals surface area contributed by atoms with E-state index >= 15 is 0 Å². The van der Waals surface area contributed by atoms with E-state index < -0.39 is 0 Å². The lowest BCUT2D eigenvalue weighted by molar-refractivity contribution is -0.144. The van der Waals surface area contributed by atoms with Gasteiger partial charge in [-0.2, -0.15) is 0 Å². The number of nitrogens with one attached hydrogen (secondary N) is 1. The van der Waals surface area contributed by atoms with Crippen LogP contribution < -0.4 is 0 Å². The van der Waals surface area contributed by atoms with Crippen molar-refractivity contribution in [1.29, 1.82) is 0 Å². The second-order valence-electron chi connectivity index (χ2n) is 4.66. The molecule has 1 aromatic carbocycles. The SMILES string of the molecule is Cc1ccc(-c2nc(SCC(=O)OC(C)C)n[nH]2)cc1. The summed E-state index contributed by atoms with van der Waals surface area (Å²) >= 11 is 1.26. The van der Waals surface area contributed by atoms with Crippen molar-refractivity contribution in [1.82, 2.24) is 15.2 Å². The van der Waals surface area contributed by atoms with Gasteiger partial charge in [-0.05, 0) is 20.8 Å². The Bertz CT molecular complexity index is 578. The topological polar surface area (TPSA) is 67.9 Å². The smallest absolute Gasteiger partial charge is 0.316 e. The van der Waals surface area contributed by atoms with Gasteiger partial charge in [-0.1, -0.05) is 41.6 Å². The Balaban J connectivity index is 1.95. The van der Waals surface area contributed by atoms with Crippen LogP contribution in [0, 0.1) is 6.92 Å². The van der Waals surface area contributed by atoms with Gasteiger partial charge >= 0.3 is 5.97 Å². The molecule has 0 spiro atoms. The molecule has 0 aliphatic heterocycles. The molecule has 0 fully saturated rings. The first-order chi connectivity index (χ1) is 9.54. The molecule has 1 aromatic heterocycles. The molecule has 0 bridgehead atoms. The van der Waals surface area contributed by atoms with Gasteiger partial charge in [0.05, 0.1) is 11.9 Å². The summed E-state index contributed by atoms with van der Waals surface area (Å²) in [6, 6.07) is 8.00. The van der Waals surface area contributed by atoms with Crippen LogP contribution in [0.1, 0.15) is 19.4 Å². The van der Waals surface area contributed by atoms with E-state index in [1.165, 1.54) is 17.3 Å². The molecule has 0 amide bonds. The highest BCUT2D eigenvalue weighted by atomic mass is 32.2. The molecule has 20 heavy (non-hydrogen) atoms. The minimum Gasteiger partial charge on any atom is -0.462 e. The highest BCUT2D eigenvalue weighted by Gasteiger charge is 2.10. The first kappa shape index (κ1) is 14.6. The van der Waals surface area contributed by atoms with E-state index in [-0.39, 0.29) is 17.8 Å². The van der Waals surface area contributed by atoms with Crippen LogP contribution in [0.5, 0.6) is 0 Å². The number of aryl methyl sites for hydroxylation is 1. The van der Waals surface area contributed by atoms with E-state index in [1.54, 1.807) is 0 Å². The number of hydrogen-bond donors (Lipinski definition) is 1. The van der Waals surface area contributed by atoms with Gasteiger partial charge in [0.1, 0.15) is 0 Å². The Hall–Kier alpha value is -1.82. The lowest BCUT2D eigenvalue weighted by Gasteiger charge is -2.05. The molecular weight excluding hydrogens is 274 g/mol. The molecule has 1 N–H and O–H groups in total. The van der Waals surface area contributed by atoms with Crippen molar-refractivity contribution < 1.29 is 9.53 Å². The fraction of sp³-hybridized carbons (Fsp3) is 0.357. The molecule has 0 aliphatic carbocycles. The number of esters is 1. The number of carbonyl (C=O) groups is 1. The van der Waals surface area contributed by atoms with Crippen LogP contribution in [0.3, 0.4) is 0 Å². The molecule has 6 heteroatoms. The highest BCUT2D eigenvalue weighted by Crippen LogP contribution is 2.19. The maximum Gasteiger partial charge on any atom is 0.316 e. The molecule has 0 aliphatic rings. The Morgan fingerprint density at radius 2 is 2.05 bits per heavy atom. The molecule has 2 rings (SSSR count). The van der Waals surface area contributed by atoms with E-state index in [1.807, 2.05) is 45.0 Å². The first-order valence-electron chi connectivity index (χ1n) is 6.36. The monoisotopic (exact) mass is 291 g/mol. The predicted molar refractivity (Wildman–Crippen MR) is 78.5 cm³/mol. The summed E-state index contributed by atoms with van der Waals surface area (Å²) in [5.74, 6) is 0.653. The molecule has 0 radical (unpaired) electrons. The lowest BCUT2D eigenvalue weighted by Crippen LogP contribution is -2.13. The molecule has 5 nitrogen and oxygen atoms in total. The van der Waals surface area contributed by atoms with Crippen LogP contribution in [0.15, 0.2) is 29.4 Å². The Labute approximate surface area is 122 Å². The van der Waals surface area contributed by atoms with E-state index in [2.05, 4.69) is 15.2 Å². The zero-order valence-corrected chi connectivity index (χ0v) is 12.5. The predicted octanol–water partition coefficient (Wildman–Crippen LogP) is 2.82. The fourth-order valence-corrected chi connectivity index (χ4v) is 2.15. The number of carbonyl (C=O) groups excluding carboxylic acids is 1. The highest BCUT2D eigenvalue weighted by molar-refractivity contribution is 7.99. The number of aromatic amines is 1. The second-order valence-corrected chi connectivity index (χ2v) is 5.60. The molecule has 106 valence electrons. The lowest BCUT2D eigenvalue weighted by atomic mass is 10.1. The number of hydrogen-bond acceptors (Lipinski definition) is 5. The molecular formula is C14H17N3O2S. The third kappa shape index (κ3) is 4.09. The Morgan fingerprint density at radius 1 is 1.35 bits per heavy atom. The third-order valence-electron chi connectivity index (χ3n) is 2.48. The number of rotatable bonds is 5. The van der Waals surface area contributed by atoms with Crippen LogP contribution in [0.2, 0.25) is 0 Å². The number of thioether (sulfide) groups is 1. The summed E-state index contributed by atoms with van der Waals surface area (Å²) in [6.45, 7) is 5.68. The minimum absolute atomic E-state index is 0.0987. The van der Waals surface area contributed by atoms with E-state index in [0.29, 0.717) is 11.0 Å². The van der Waals surface area contributed by atoms with Gasteiger partial charge in [0.15, 0.2) is 5.82 Å². The molecule has 0 unspecified atom stereocenters. The van der Waals surface area contributed by atoms with Gasteiger partial charge in [0.2, 0.25) is 5.16 Å². The standard InChI is InChI=1S/C14H17N3O2S/c1-9(2)19-12(18)8-20-14-15-13(16-17-14)11-6-4-10(3)5-7-11/h4-7,9H,8H2,1-3H3,(H,15,16,17). The van der Waals surface area contributed by atoms with Crippen LogP contribution in [0.4, 0.5) is 0 Å². The average molecular weight is 291 g/mol. The number of aromatic nitrogens is 3. The molecule has 2 aromatic rings. The largest absolute Gasteiger partial charge is 0.462 e. The molecule has 0 saturated heterocycles. The van der Waals surface area contributed by atoms with Crippen LogP contribution in [-0.4, -0.2) is 33.0 Å². The quantitative estimate of drug-likeness (QED) is 0.677. The van der Waals surface area contributed by atoms with Gasteiger partial charge in [-0.15, -0.1) is 5.10 Å². The summed E-state index contributed by atoms with van der Waals surface area (Å²) in [4.78, 5) is 15.8. The zero-order chi connectivity index (χ0) is 14.5. The van der Waals surface area contributed by atoms with Gasteiger partial charge in [-0.25, -0.2) is 4.98 Å². The summed E-state index contributed by atoms with van der Waals surface area (Å²) in [5, 5.41) is 7.50. The van der Waals surface area contributed by atoms with Crippen molar-refractivity contribution >= 4 is 17.7 Å². The van der Waals surface area contributed by atoms with Gasteiger partial charge < -0.3 is 4.74 Å². The number of H-pyrrole nitrogens is 1. The van der Waals surface area contributed by atoms with Crippen molar-refractivity contribution in [3.8, 4) is 11.4 Å². The van der Waals surface area contributed by atoms with Crippen LogP contribution >= 0.6 is 11.8 Å². The zero-order valence-electron chi connectivity index (χ0n) is 11.7. The van der Waals surface area contributed by atoms with Gasteiger partial charge in [-0.3, -0.25) is 9.89 Å². The third-order valence-corrected chi connectivity index (χ3v) is 3.30. The summed E-state index contributed by atoms with van der Waals surface area (Å²) in [6.07, 6.45) is -0.0987.